The van der Waals surface area contributed by atoms with Crippen molar-refractivity contribution in [2.75, 3.05) is 5.73 Å². The second kappa shape index (κ2) is 5.37. The van der Waals surface area contributed by atoms with E-state index in [1.807, 2.05) is 32.0 Å². The molecule has 0 bridgehead atoms. The number of nitrogens with two attached hydrogens (primary N) is 1. The molecule has 3 rings (SSSR count). The van der Waals surface area contributed by atoms with Crippen molar-refractivity contribution in [1.29, 1.82) is 0 Å². The molecule has 2 aromatic carbocycles. The molecule has 7 heteroatoms. The number of anilines is 1. The van der Waals surface area contributed by atoms with Crippen LogP contribution in [0.15, 0.2) is 31.6 Å². The summed E-state index contributed by atoms with van der Waals surface area (Å²) < 4.78 is 2.66. The lowest BCUT2D eigenvalue weighted by atomic mass is 10.1. The first-order valence-corrected chi connectivity index (χ1v) is 8.54. The van der Waals surface area contributed by atoms with E-state index in [1.165, 1.54) is 0 Å². The molecule has 0 aliphatic rings. The second-order valence-corrected chi connectivity index (χ2v) is 7.28. The van der Waals surface area contributed by atoms with E-state index in [0.29, 0.717) is 5.69 Å². The van der Waals surface area contributed by atoms with Crippen LogP contribution in [0.5, 0.6) is 0 Å². The Morgan fingerprint density at radius 2 is 1.57 bits per heavy atom. The molecular weight excluding hydrogens is 464 g/mol. The van der Waals surface area contributed by atoms with Gasteiger partial charge in [0, 0.05) is 8.95 Å². The van der Waals surface area contributed by atoms with E-state index in [0.717, 1.165) is 41.3 Å². The Kier molecular flexibility index (Phi) is 3.83. The Morgan fingerprint density at radius 3 is 2.19 bits per heavy atom. The van der Waals surface area contributed by atoms with Crippen molar-refractivity contribution < 1.29 is 0 Å². The highest BCUT2D eigenvalue weighted by molar-refractivity contribution is 9.11. The molecule has 0 unspecified atom stereocenters. The van der Waals surface area contributed by atoms with Crippen LogP contribution in [0.1, 0.15) is 11.1 Å². The van der Waals surface area contributed by atoms with Crippen LogP contribution in [0, 0.1) is 13.8 Å². The third-order valence-corrected chi connectivity index (χ3v) is 5.97. The van der Waals surface area contributed by atoms with Gasteiger partial charge in [-0.25, -0.2) is 0 Å². The van der Waals surface area contributed by atoms with Crippen LogP contribution in [0.4, 0.5) is 5.69 Å². The summed E-state index contributed by atoms with van der Waals surface area (Å²) in [5.74, 6) is 0. The summed E-state index contributed by atoms with van der Waals surface area (Å²) in [5, 5.41) is 9.07. The first kappa shape index (κ1) is 15.0. The average molecular weight is 475 g/mol. The largest absolute Gasteiger partial charge is 0.397 e. The van der Waals surface area contributed by atoms with Gasteiger partial charge in [0.2, 0.25) is 0 Å². The number of benzene rings is 2. The molecule has 0 aliphatic heterocycles. The molecule has 0 atom stereocenters. The van der Waals surface area contributed by atoms with Gasteiger partial charge >= 0.3 is 0 Å². The lowest BCUT2D eigenvalue weighted by Crippen LogP contribution is -2.00. The van der Waals surface area contributed by atoms with Crippen LogP contribution in [0.2, 0.25) is 0 Å². The number of halogens is 3. The van der Waals surface area contributed by atoms with Gasteiger partial charge < -0.3 is 5.73 Å². The summed E-state index contributed by atoms with van der Waals surface area (Å²) in [6.07, 6.45) is 0. The lowest BCUT2D eigenvalue weighted by Gasteiger charge is -2.06. The van der Waals surface area contributed by atoms with Gasteiger partial charge in [-0.05, 0) is 75.0 Å². The van der Waals surface area contributed by atoms with Crippen molar-refractivity contribution in [3.63, 3.8) is 0 Å². The molecule has 0 aliphatic carbocycles. The van der Waals surface area contributed by atoms with E-state index in [4.69, 9.17) is 5.73 Å². The Balaban J connectivity index is 2.25. The summed E-state index contributed by atoms with van der Waals surface area (Å²) in [6, 6.07) is 5.96. The zero-order chi connectivity index (χ0) is 15.3. The van der Waals surface area contributed by atoms with Crippen molar-refractivity contribution in [2.45, 2.75) is 13.8 Å². The molecular formula is C14H11Br3N4. The van der Waals surface area contributed by atoms with E-state index in [-0.39, 0.29) is 0 Å². The van der Waals surface area contributed by atoms with Crippen molar-refractivity contribution in [2.24, 2.45) is 0 Å². The number of aromatic nitrogens is 3. The molecule has 1 heterocycles. The zero-order valence-corrected chi connectivity index (χ0v) is 16.0. The number of fused-ring (bicyclic) bond motifs is 1. The highest BCUT2D eigenvalue weighted by Gasteiger charge is 2.14. The van der Waals surface area contributed by atoms with Gasteiger partial charge in [-0.2, -0.15) is 4.80 Å². The number of rotatable bonds is 1. The predicted octanol–water partition coefficient (Wildman–Crippen LogP) is 4.91. The predicted molar refractivity (Wildman–Crippen MR) is 95.9 cm³/mol. The van der Waals surface area contributed by atoms with E-state index in [2.05, 4.69) is 58.0 Å². The maximum absolute atomic E-state index is 5.99. The lowest BCUT2D eigenvalue weighted by molar-refractivity contribution is 0.763. The van der Waals surface area contributed by atoms with E-state index < -0.39 is 0 Å². The number of nitrogens with zero attached hydrogens (tertiary/aromatic N) is 3. The molecule has 2 N–H and O–H groups in total. The molecule has 3 aromatic rings. The Bertz CT molecular complexity index is 847. The van der Waals surface area contributed by atoms with Gasteiger partial charge in [-0.15, -0.1) is 10.2 Å². The van der Waals surface area contributed by atoms with E-state index in [9.17, 15) is 0 Å². The standard InChI is InChI=1S/C14H11Br3N4/c1-6-3-8(4-7(2)11(6)16)21-19-10-5-9(15)13(18)12(17)14(10)20-21/h3-5H,18H2,1-2H3. The summed E-state index contributed by atoms with van der Waals surface area (Å²) >= 11 is 10.5. The third-order valence-electron chi connectivity index (χ3n) is 3.26. The summed E-state index contributed by atoms with van der Waals surface area (Å²) in [6.45, 7) is 4.10. The van der Waals surface area contributed by atoms with Crippen LogP contribution in [-0.4, -0.2) is 15.0 Å². The smallest absolute Gasteiger partial charge is 0.130 e. The van der Waals surface area contributed by atoms with Gasteiger partial charge in [0.15, 0.2) is 0 Å². The van der Waals surface area contributed by atoms with Crippen LogP contribution in [0.3, 0.4) is 0 Å². The molecule has 0 fully saturated rings. The number of nitrogen functional groups attached to an aromatic ring is 1. The Morgan fingerprint density at radius 1 is 0.952 bits per heavy atom. The topological polar surface area (TPSA) is 56.7 Å². The van der Waals surface area contributed by atoms with Crippen molar-refractivity contribution >= 4 is 64.5 Å². The summed E-state index contributed by atoms with van der Waals surface area (Å²) in [7, 11) is 0. The fourth-order valence-corrected chi connectivity index (χ4v) is 3.56. The summed E-state index contributed by atoms with van der Waals surface area (Å²) in [4.78, 5) is 1.63. The summed E-state index contributed by atoms with van der Waals surface area (Å²) in [5.41, 5.74) is 11.3. The monoisotopic (exact) mass is 472 g/mol. The fraction of sp³-hybridized carbons (Fsp3) is 0.143. The van der Waals surface area contributed by atoms with Gasteiger partial charge in [0.1, 0.15) is 11.0 Å². The molecule has 0 amide bonds. The molecule has 0 saturated carbocycles. The second-order valence-electron chi connectivity index (χ2n) is 4.84. The number of hydrogen-bond donors (Lipinski definition) is 1. The minimum absolute atomic E-state index is 0.623. The van der Waals surface area contributed by atoms with Crippen LogP contribution in [-0.2, 0) is 0 Å². The highest BCUT2D eigenvalue weighted by Crippen LogP contribution is 2.34. The normalized spacial score (nSPS) is 11.3. The zero-order valence-electron chi connectivity index (χ0n) is 11.3. The Hall–Kier alpha value is -0.920. The van der Waals surface area contributed by atoms with Crippen LogP contribution < -0.4 is 5.73 Å². The maximum Gasteiger partial charge on any atom is 0.130 e. The third kappa shape index (κ3) is 2.51. The number of hydrogen-bond acceptors (Lipinski definition) is 3. The van der Waals surface area contributed by atoms with E-state index >= 15 is 0 Å². The number of aryl methyl sites for hydroxylation is 2. The minimum atomic E-state index is 0.623. The molecule has 0 saturated heterocycles. The SMILES string of the molecule is Cc1cc(-n2nc3cc(Br)c(N)c(Br)c3n2)cc(C)c1Br. The van der Waals surface area contributed by atoms with Gasteiger partial charge in [0.05, 0.1) is 15.8 Å². The van der Waals surface area contributed by atoms with Crippen LogP contribution >= 0.6 is 47.8 Å². The average Bonchev–Trinajstić information content (AvgIpc) is 2.85. The quantitative estimate of drug-likeness (QED) is 0.510. The van der Waals surface area contributed by atoms with Crippen molar-refractivity contribution in [3.8, 4) is 5.69 Å². The van der Waals surface area contributed by atoms with Gasteiger partial charge in [-0.3, -0.25) is 0 Å². The van der Waals surface area contributed by atoms with Crippen molar-refractivity contribution in [3.05, 3.63) is 42.7 Å². The molecule has 108 valence electrons. The van der Waals surface area contributed by atoms with Crippen molar-refractivity contribution in [1.82, 2.24) is 15.0 Å². The molecule has 0 radical (unpaired) electrons. The molecule has 4 nitrogen and oxygen atoms in total. The van der Waals surface area contributed by atoms with E-state index in [1.54, 1.807) is 4.80 Å². The van der Waals surface area contributed by atoms with Crippen LogP contribution in [0.25, 0.3) is 16.7 Å². The highest BCUT2D eigenvalue weighted by atomic mass is 79.9. The molecule has 21 heavy (non-hydrogen) atoms. The minimum Gasteiger partial charge on any atom is -0.397 e. The van der Waals surface area contributed by atoms with Gasteiger partial charge in [0.25, 0.3) is 0 Å². The first-order valence-electron chi connectivity index (χ1n) is 6.16. The molecule has 1 aromatic heterocycles. The first-order chi connectivity index (χ1) is 9.88. The fourth-order valence-electron chi connectivity index (χ4n) is 2.16. The Labute approximate surface area is 147 Å². The molecule has 0 spiro atoms. The maximum atomic E-state index is 5.99. The van der Waals surface area contributed by atoms with Gasteiger partial charge in [-0.1, -0.05) is 15.9 Å².